The van der Waals surface area contributed by atoms with Gasteiger partial charge in [-0.2, -0.15) is 0 Å². The zero-order valence-electron chi connectivity index (χ0n) is 17.6. The molecule has 0 aromatic heterocycles. The van der Waals surface area contributed by atoms with E-state index in [1.54, 1.807) is 0 Å². The monoisotopic (exact) mass is 373 g/mol. The summed E-state index contributed by atoms with van der Waals surface area (Å²) in [4.78, 5) is 19.8. The van der Waals surface area contributed by atoms with Crippen LogP contribution in [0.25, 0.3) is 0 Å². The van der Waals surface area contributed by atoms with Crippen molar-refractivity contribution in [2.45, 2.75) is 52.2 Å². The maximum absolute atomic E-state index is 12.9. The van der Waals surface area contributed by atoms with Crippen LogP contribution in [-0.4, -0.2) is 73.0 Å². The minimum absolute atomic E-state index is 0.278. The van der Waals surface area contributed by atoms with Crippen molar-refractivity contribution in [2.75, 3.05) is 40.3 Å². The first kappa shape index (κ1) is 20.2. The second-order valence-electron chi connectivity index (χ2n) is 9.31. The van der Waals surface area contributed by atoms with Crippen LogP contribution in [-0.2, 0) is 11.3 Å². The molecule has 150 valence electrons. The van der Waals surface area contributed by atoms with Crippen molar-refractivity contribution in [3.8, 4) is 5.75 Å². The van der Waals surface area contributed by atoms with Crippen molar-refractivity contribution in [1.29, 1.82) is 0 Å². The molecule has 5 heteroatoms. The molecule has 2 aliphatic heterocycles. The van der Waals surface area contributed by atoms with E-state index < -0.39 is 0 Å². The van der Waals surface area contributed by atoms with Crippen LogP contribution in [0.3, 0.4) is 0 Å². The maximum Gasteiger partial charge on any atom is 0.228 e. The van der Waals surface area contributed by atoms with Crippen LogP contribution < -0.4 is 4.74 Å². The number of likely N-dealkylation sites (N-methyl/N-ethyl adjacent to an activating group) is 1. The van der Waals surface area contributed by atoms with Crippen LogP contribution >= 0.6 is 0 Å². The molecule has 5 nitrogen and oxygen atoms in total. The molecule has 2 atom stereocenters. The van der Waals surface area contributed by atoms with Gasteiger partial charge in [-0.05, 0) is 33.0 Å². The summed E-state index contributed by atoms with van der Waals surface area (Å²) in [5, 5.41) is 0. The second kappa shape index (κ2) is 8.19. The summed E-state index contributed by atoms with van der Waals surface area (Å²) in [7, 11) is 4.22. The van der Waals surface area contributed by atoms with E-state index in [9.17, 15) is 4.79 Å². The van der Waals surface area contributed by atoms with Gasteiger partial charge in [0.15, 0.2) is 0 Å². The Morgan fingerprint density at radius 3 is 2.67 bits per heavy atom. The largest absolute Gasteiger partial charge is 0.492 e. The smallest absolute Gasteiger partial charge is 0.228 e. The topological polar surface area (TPSA) is 36.0 Å². The summed E-state index contributed by atoms with van der Waals surface area (Å²) in [6, 6.07) is 8.96. The normalized spacial score (nSPS) is 23.9. The van der Waals surface area contributed by atoms with Crippen molar-refractivity contribution >= 4 is 5.91 Å². The van der Waals surface area contributed by atoms with Crippen LogP contribution in [0.5, 0.6) is 5.75 Å². The summed E-state index contributed by atoms with van der Waals surface area (Å²) in [5.41, 5.74) is 0.922. The molecular weight excluding hydrogens is 338 g/mol. The molecule has 0 N–H and O–H groups in total. The van der Waals surface area contributed by atoms with Crippen LogP contribution in [0, 0.1) is 5.41 Å². The lowest BCUT2D eigenvalue weighted by molar-refractivity contribution is -0.140. The number of para-hydroxylation sites is 1. The van der Waals surface area contributed by atoms with E-state index in [1.165, 1.54) is 5.56 Å². The number of hydrogen-bond acceptors (Lipinski definition) is 4. The molecule has 2 aliphatic rings. The van der Waals surface area contributed by atoms with E-state index in [0.717, 1.165) is 44.8 Å². The van der Waals surface area contributed by atoms with E-state index in [1.807, 2.05) is 26.8 Å². The number of fused-ring (bicyclic) bond motifs is 1. The zero-order valence-corrected chi connectivity index (χ0v) is 17.6. The first-order chi connectivity index (χ1) is 12.8. The molecule has 0 aliphatic carbocycles. The van der Waals surface area contributed by atoms with Gasteiger partial charge in [-0.1, -0.05) is 39.0 Å². The quantitative estimate of drug-likeness (QED) is 0.813. The predicted molar refractivity (Wildman–Crippen MR) is 109 cm³/mol. The number of nitrogens with zero attached hydrogens (tertiary/aromatic N) is 3. The first-order valence-corrected chi connectivity index (χ1v) is 10.2. The Labute approximate surface area is 164 Å². The lowest BCUT2D eigenvalue weighted by atomic mass is 9.94. The highest BCUT2D eigenvalue weighted by molar-refractivity contribution is 5.82. The highest BCUT2D eigenvalue weighted by atomic mass is 16.5. The summed E-state index contributed by atoms with van der Waals surface area (Å²) in [5.74, 6) is 1.28. The number of rotatable bonds is 4. The van der Waals surface area contributed by atoms with Crippen molar-refractivity contribution in [2.24, 2.45) is 5.41 Å². The number of amides is 1. The lowest BCUT2D eigenvalue weighted by Gasteiger charge is -2.37. The van der Waals surface area contributed by atoms with Gasteiger partial charge in [0.1, 0.15) is 12.4 Å². The molecule has 1 saturated heterocycles. The van der Waals surface area contributed by atoms with Gasteiger partial charge in [0.2, 0.25) is 5.91 Å². The van der Waals surface area contributed by atoms with Gasteiger partial charge in [0.05, 0.1) is 6.04 Å². The Morgan fingerprint density at radius 1 is 1.22 bits per heavy atom. The average Bonchev–Trinajstić information content (AvgIpc) is 2.98. The molecule has 2 heterocycles. The molecule has 0 bridgehead atoms. The lowest BCUT2D eigenvalue weighted by Crippen LogP contribution is -2.51. The molecular formula is C22H35N3O2. The Kier molecular flexibility index (Phi) is 6.11. The third kappa shape index (κ3) is 4.82. The Morgan fingerprint density at radius 2 is 1.96 bits per heavy atom. The standard InChI is InChI=1S/C22H35N3O2/c1-22(2,3)21(26)25-12-8-10-18(25)15-24-13-17-9-6-7-11-20(17)27-16-19(24)14-23(4)5/h6-7,9,11,18-19H,8,10,12-16H2,1-5H3/t18-,19-/m1/s1. The fraction of sp³-hybridized carbons (Fsp3) is 0.682. The van der Waals surface area contributed by atoms with Crippen molar-refractivity contribution in [3.63, 3.8) is 0 Å². The van der Waals surface area contributed by atoms with E-state index in [-0.39, 0.29) is 11.3 Å². The third-order valence-electron chi connectivity index (χ3n) is 5.59. The molecule has 1 fully saturated rings. The van der Waals surface area contributed by atoms with E-state index in [4.69, 9.17) is 4.74 Å². The summed E-state index contributed by atoms with van der Waals surface area (Å²) in [6.45, 7) is 10.4. The highest BCUT2D eigenvalue weighted by Gasteiger charge is 2.37. The maximum atomic E-state index is 12.9. The number of carbonyl (C=O) groups excluding carboxylic acids is 1. The number of carbonyl (C=O) groups is 1. The van der Waals surface area contributed by atoms with E-state index >= 15 is 0 Å². The van der Waals surface area contributed by atoms with Gasteiger partial charge >= 0.3 is 0 Å². The zero-order chi connectivity index (χ0) is 19.6. The van der Waals surface area contributed by atoms with Crippen molar-refractivity contribution < 1.29 is 9.53 Å². The fourth-order valence-electron chi connectivity index (χ4n) is 4.21. The SMILES string of the molecule is CN(C)C[C@@H]1COc2ccccc2CN1C[C@H]1CCCN1C(=O)C(C)(C)C. The van der Waals surface area contributed by atoms with Crippen molar-refractivity contribution in [1.82, 2.24) is 14.7 Å². The number of likely N-dealkylation sites (tertiary alicyclic amines) is 1. The van der Waals surface area contributed by atoms with Gasteiger partial charge in [0.25, 0.3) is 0 Å². The van der Waals surface area contributed by atoms with Crippen LogP contribution in [0.2, 0.25) is 0 Å². The number of hydrogen-bond donors (Lipinski definition) is 0. The molecule has 1 aromatic rings. The highest BCUT2D eigenvalue weighted by Crippen LogP contribution is 2.29. The Balaban J connectivity index is 1.79. The average molecular weight is 374 g/mol. The summed E-state index contributed by atoms with van der Waals surface area (Å²) < 4.78 is 6.14. The minimum Gasteiger partial charge on any atom is -0.492 e. The Hall–Kier alpha value is -1.59. The molecule has 1 aromatic carbocycles. The fourth-order valence-corrected chi connectivity index (χ4v) is 4.21. The third-order valence-corrected chi connectivity index (χ3v) is 5.59. The van der Waals surface area contributed by atoms with Crippen LogP contribution in [0.4, 0.5) is 0 Å². The number of benzene rings is 1. The molecule has 3 rings (SSSR count). The van der Waals surface area contributed by atoms with Gasteiger partial charge in [-0.25, -0.2) is 0 Å². The van der Waals surface area contributed by atoms with E-state index in [0.29, 0.717) is 18.7 Å². The van der Waals surface area contributed by atoms with E-state index in [2.05, 4.69) is 47.0 Å². The summed E-state index contributed by atoms with van der Waals surface area (Å²) in [6.07, 6.45) is 2.20. The van der Waals surface area contributed by atoms with Crippen LogP contribution in [0.1, 0.15) is 39.2 Å². The molecule has 27 heavy (non-hydrogen) atoms. The van der Waals surface area contributed by atoms with Gasteiger partial charge in [-0.3, -0.25) is 9.69 Å². The van der Waals surface area contributed by atoms with Gasteiger partial charge in [-0.15, -0.1) is 0 Å². The number of ether oxygens (including phenoxy) is 1. The van der Waals surface area contributed by atoms with Crippen molar-refractivity contribution in [3.05, 3.63) is 29.8 Å². The first-order valence-electron chi connectivity index (χ1n) is 10.2. The molecule has 1 amide bonds. The second-order valence-corrected chi connectivity index (χ2v) is 9.31. The van der Waals surface area contributed by atoms with Gasteiger partial charge < -0.3 is 14.5 Å². The summed E-state index contributed by atoms with van der Waals surface area (Å²) >= 11 is 0. The molecule has 0 radical (unpaired) electrons. The Bertz CT molecular complexity index is 653. The minimum atomic E-state index is -0.319. The molecule has 0 saturated carbocycles. The molecule has 0 spiro atoms. The van der Waals surface area contributed by atoms with Gasteiger partial charge in [0, 0.05) is 43.2 Å². The molecule has 0 unspecified atom stereocenters. The predicted octanol–water partition coefficient (Wildman–Crippen LogP) is 2.85. The van der Waals surface area contributed by atoms with Crippen LogP contribution in [0.15, 0.2) is 24.3 Å².